The normalized spacial score (nSPS) is 11.6. The molecule has 0 aromatic heterocycles. The van der Waals surface area contributed by atoms with Crippen molar-refractivity contribution in [2.75, 3.05) is 18.4 Å². The molecule has 8 heteroatoms. The first-order valence-electron chi connectivity index (χ1n) is 7.08. The maximum absolute atomic E-state index is 12.2. The lowest BCUT2D eigenvalue weighted by Crippen LogP contribution is -2.26. The molecule has 0 bridgehead atoms. The first-order valence-corrected chi connectivity index (χ1v) is 8.57. The lowest BCUT2D eigenvalue weighted by atomic mass is 10.1. The number of carbonyl (C=O) groups excluding carboxylic acids is 1. The fourth-order valence-electron chi connectivity index (χ4n) is 2.20. The number of hydrogen-bond acceptors (Lipinski definition) is 3. The van der Waals surface area contributed by atoms with E-state index in [0.29, 0.717) is 35.0 Å². The van der Waals surface area contributed by atoms with E-state index >= 15 is 0 Å². The first kappa shape index (κ1) is 18.3. The van der Waals surface area contributed by atoms with Gasteiger partial charge in [0.25, 0.3) is 17.2 Å². The second-order valence-corrected chi connectivity index (χ2v) is 5.99. The van der Waals surface area contributed by atoms with Crippen molar-refractivity contribution in [3.8, 4) is 5.75 Å². The molecule has 24 heavy (non-hydrogen) atoms. The summed E-state index contributed by atoms with van der Waals surface area (Å²) in [7, 11) is 1.46. The molecule has 2 rings (SSSR count). The zero-order valence-corrected chi connectivity index (χ0v) is 14.5. The van der Waals surface area contributed by atoms with E-state index in [0.717, 1.165) is 5.56 Å². The summed E-state index contributed by atoms with van der Waals surface area (Å²) in [4.78, 5) is 12.2. The van der Waals surface area contributed by atoms with Gasteiger partial charge in [0.05, 0.1) is 17.7 Å². The molecule has 1 unspecified atom stereocenters. The highest BCUT2D eigenvalue weighted by atomic mass is 35.5. The van der Waals surface area contributed by atoms with Crippen molar-refractivity contribution in [3.63, 3.8) is 0 Å². The van der Waals surface area contributed by atoms with Gasteiger partial charge in [0.1, 0.15) is 5.75 Å². The van der Waals surface area contributed by atoms with Crippen molar-refractivity contribution in [2.45, 2.75) is 6.42 Å². The van der Waals surface area contributed by atoms with E-state index in [-0.39, 0.29) is 5.91 Å². The van der Waals surface area contributed by atoms with Crippen LogP contribution in [0.1, 0.15) is 15.9 Å². The molecule has 0 aliphatic heterocycles. The van der Waals surface area contributed by atoms with Gasteiger partial charge in [0, 0.05) is 12.2 Å². The van der Waals surface area contributed by atoms with Gasteiger partial charge in [-0.1, -0.05) is 29.8 Å². The van der Waals surface area contributed by atoms with E-state index < -0.39 is 11.3 Å². The number of para-hydroxylation sites is 1. The van der Waals surface area contributed by atoms with E-state index in [9.17, 15) is 9.00 Å². The number of hydrogen-bond donors (Lipinski definition) is 3. The molecule has 0 fully saturated rings. The van der Waals surface area contributed by atoms with E-state index in [1.165, 1.54) is 7.11 Å². The van der Waals surface area contributed by atoms with Crippen molar-refractivity contribution < 1.29 is 18.3 Å². The van der Waals surface area contributed by atoms with Gasteiger partial charge >= 0.3 is 0 Å². The highest BCUT2D eigenvalue weighted by molar-refractivity contribution is 7.80. The number of nitrogens with one attached hydrogen (secondary N) is 2. The van der Waals surface area contributed by atoms with Gasteiger partial charge in [0.2, 0.25) is 0 Å². The van der Waals surface area contributed by atoms with Crippen molar-refractivity contribution >= 4 is 34.5 Å². The fraction of sp³-hybridized carbons (Fsp3) is 0.188. The predicted octanol–water partition coefficient (Wildman–Crippen LogP) is 2.87. The number of carbonyl (C=O) groups is 1. The molecule has 0 aliphatic rings. The summed E-state index contributed by atoms with van der Waals surface area (Å²) >= 11 is 3.89. The molecule has 0 saturated carbocycles. The summed E-state index contributed by atoms with van der Waals surface area (Å²) in [6.45, 7) is 0.403. The topological polar surface area (TPSA) is 87.7 Å². The summed E-state index contributed by atoms with van der Waals surface area (Å²) < 4.78 is 27.1. The molecule has 0 saturated heterocycles. The molecular weight excluding hydrogens is 352 g/mol. The third kappa shape index (κ3) is 4.95. The minimum absolute atomic E-state index is 0.278. The number of amides is 1. The lowest BCUT2D eigenvalue weighted by molar-refractivity contribution is 0.0951. The second-order valence-electron chi connectivity index (χ2n) is 4.88. The molecule has 3 N–H and O–H groups in total. The summed E-state index contributed by atoms with van der Waals surface area (Å²) in [5.74, 6) is 0.0633. The third-order valence-electron chi connectivity index (χ3n) is 3.25. The molecule has 0 radical (unpaired) electrons. The zero-order chi connectivity index (χ0) is 17.5. The molecule has 1 atom stereocenters. The molecule has 0 spiro atoms. The average Bonchev–Trinajstić information content (AvgIpc) is 2.54. The molecule has 1 amide bonds. The van der Waals surface area contributed by atoms with Crippen LogP contribution in [0.5, 0.6) is 5.75 Å². The van der Waals surface area contributed by atoms with E-state index in [4.69, 9.17) is 20.9 Å². The SMILES string of the molecule is COc1c(Cl)cccc1C(=O)NCCc1cccc(NS(=O)O)c1. The smallest absolute Gasteiger partial charge is 0.259 e. The lowest BCUT2D eigenvalue weighted by Gasteiger charge is -2.11. The van der Waals surface area contributed by atoms with Crippen molar-refractivity contribution in [1.29, 1.82) is 0 Å². The summed E-state index contributed by atoms with van der Waals surface area (Å²) in [5.41, 5.74) is 1.83. The Morgan fingerprint density at radius 3 is 2.75 bits per heavy atom. The van der Waals surface area contributed by atoms with Crippen LogP contribution in [-0.4, -0.2) is 28.3 Å². The number of rotatable bonds is 7. The van der Waals surface area contributed by atoms with Crippen LogP contribution < -0.4 is 14.8 Å². The van der Waals surface area contributed by atoms with Crippen LogP contribution in [-0.2, 0) is 17.7 Å². The monoisotopic (exact) mass is 368 g/mol. The highest BCUT2D eigenvalue weighted by Crippen LogP contribution is 2.28. The van der Waals surface area contributed by atoms with E-state index in [2.05, 4.69) is 10.0 Å². The number of halogens is 1. The van der Waals surface area contributed by atoms with Crippen LogP contribution in [0.15, 0.2) is 42.5 Å². The maximum Gasteiger partial charge on any atom is 0.259 e. The first-order chi connectivity index (χ1) is 11.5. The van der Waals surface area contributed by atoms with E-state index in [1.807, 2.05) is 6.07 Å². The summed E-state index contributed by atoms with van der Waals surface area (Å²) in [6.07, 6.45) is 0.572. The highest BCUT2D eigenvalue weighted by Gasteiger charge is 2.14. The molecule has 0 aliphatic carbocycles. The van der Waals surface area contributed by atoms with Crippen LogP contribution in [0.3, 0.4) is 0 Å². The van der Waals surface area contributed by atoms with Crippen LogP contribution in [0.4, 0.5) is 5.69 Å². The van der Waals surface area contributed by atoms with Gasteiger partial charge in [0.15, 0.2) is 0 Å². The van der Waals surface area contributed by atoms with Crippen LogP contribution in [0.2, 0.25) is 5.02 Å². The maximum atomic E-state index is 12.2. The third-order valence-corrected chi connectivity index (χ3v) is 3.96. The van der Waals surface area contributed by atoms with Gasteiger partial charge in [-0.2, -0.15) is 0 Å². The molecule has 128 valence electrons. The van der Waals surface area contributed by atoms with Crippen molar-refractivity contribution in [3.05, 3.63) is 58.6 Å². The Morgan fingerprint density at radius 1 is 1.29 bits per heavy atom. The predicted molar refractivity (Wildman–Crippen MR) is 94.9 cm³/mol. The Labute approximate surface area is 147 Å². The Balaban J connectivity index is 1.96. The van der Waals surface area contributed by atoms with Gasteiger partial charge in [-0.15, -0.1) is 0 Å². The fourth-order valence-corrected chi connectivity index (χ4v) is 2.78. The van der Waals surface area contributed by atoms with Crippen molar-refractivity contribution in [1.82, 2.24) is 5.32 Å². The standard InChI is InChI=1S/C16H17ClN2O4S/c1-23-15-13(6-3-7-14(15)17)16(20)18-9-8-11-4-2-5-12(10-11)19-24(21)22/h2-7,10,19H,8-9H2,1H3,(H,18,20)(H,21,22). The zero-order valence-electron chi connectivity index (χ0n) is 12.9. The van der Waals surface area contributed by atoms with Gasteiger partial charge in [-0.25, -0.2) is 4.21 Å². The van der Waals surface area contributed by atoms with Crippen LogP contribution in [0.25, 0.3) is 0 Å². The number of methoxy groups -OCH3 is 1. The summed E-state index contributed by atoms with van der Waals surface area (Å²) in [6, 6.07) is 12.1. The number of anilines is 1. The largest absolute Gasteiger partial charge is 0.494 e. The second kappa shape index (κ2) is 8.68. The van der Waals surface area contributed by atoms with Crippen LogP contribution in [0, 0.1) is 0 Å². The molecule has 0 heterocycles. The van der Waals surface area contributed by atoms with Gasteiger partial charge < -0.3 is 10.1 Å². The van der Waals surface area contributed by atoms with E-state index in [1.54, 1.807) is 36.4 Å². The molecule has 2 aromatic rings. The molecule has 6 nitrogen and oxygen atoms in total. The minimum Gasteiger partial charge on any atom is -0.494 e. The Hall–Kier alpha value is -2.09. The quantitative estimate of drug-likeness (QED) is 0.656. The molecular formula is C16H17ClN2O4S. The number of benzene rings is 2. The molecule has 2 aromatic carbocycles. The Morgan fingerprint density at radius 2 is 2.04 bits per heavy atom. The minimum atomic E-state index is -2.11. The summed E-state index contributed by atoms with van der Waals surface area (Å²) in [5, 5.41) is 3.18. The van der Waals surface area contributed by atoms with Crippen LogP contribution >= 0.6 is 11.6 Å². The van der Waals surface area contributed by atoms with Crippen molar-refractivity contribution in [2.24, 2.45) is 0 Å². The van der Waals surface area contributed by atoms with Gasteiger partial charge in [-0.3, -0.25) is 14.1 Å². The Bertz CT molecular complexity index is 755. The number of ether oxygens (including phenoxy) is 1. The van der Waals surface area contributed by atoms with Gasteiger partial charge in [-0.05, 0) is 36.2 Å². The average molecular weight is 369 g/mol. The Kier molecular flexibility index (Phi) is 6.60.